The van der Waals surface area contributed by atoms with Crippen LogP contribution in [0.15, 0.2) is 119 Å². The number of ketones is 2. The van der Waals surface area contributed by atoms with E-state index in [1.54, 1.807) is 30.3 Å². The van der Waals surface area contributed by atoms with Crippen LogP contribution in [0.1, 0.15) is 37.4 Å². The summed E-state index contributed by atoms with van der Waals surface area (Å²) in [5.74, 6) is -1.13. The lowest BCUT2D eigenvalue weighted by molar-refractivity contribution is -0.112. The first-order chi connectivity index (χ1) is 19.1. The zero-order valence-electron chi connectivity index (χ0n) is 20.4. The molecule has 0 atom stereocenters. The SMILES string of the molecule is N#C/C(C(=O)Nc1ccc2c(c1)C(=O)c1ccccc1C2=O)=C1\SC=C(c2ccccc2)N1c1ccccc1. The average molecular weight is 526 g/mol. The summed E-state index contributed by atoms with van der Waals surface area (Å²) in [7, 11) is 0. The van der Waals surface area contributed by atoms with Gasteiger partial charge in [-0.2, -0.15) is 5.26 Å². The number of amides is 1. The van der Waals surface area contributed by atoms with Gasteiger partial charge < -0.3 is 10.2 Å². The van der Waals surface area contributed by atoms with Crippen molar-refractivity contribution in [2.24, 2.45) is 0 Å². The third kappa shape index (κ3) is 4.23. The van der Waals surface area contributed by atoms with Crippen LogP contribution in [-0.2, 0) is 4.79 Å². The first-order valence-corrected chi connectivity index (χ1v) is 13.0. The third-order valence-corrected chi connectivity index (χ3v) is 7.50. The minimum absolute atomic E-state index is 0.0727. The number of hydrogen-bond donors (Lipinski definition) is 1. The van der Waals surface area contributed by atoms with E-state index in [1.807, 2.05) is 71.0 Å². The van der Waals surface area contributed by atoms with Gasteiger partial charge in [-0.3, -0.25) is 14.4 Å². The number of benzene rings is 4. The van der Waals surface area contributed by atoms with Gasteiger partial charge in [0.25, 0.3) is 5.91 Å². The van der Waals surface area contributed by atoms with Gasteiger partial charge in [0, 0.05) is 39.0 Å². The van der Waals surface area contributed by atoms with Crippen LogP contribution in [0.3, 0.4) is 0 Å². The summed E-state index contributed by atoms with van der Waals surface area (Å²) >= 11 is 1.30. The molecule has 0 radical (unpaired) electrons. The number of hydrogen-bond acceptors (Lipinski definition) is 6. The number of anilines is 2. The first kappa shape index (κ1) is 24.2. The number of carbonyl (C=O) groups excluding carboxylic acids is 3. The highest BCUT2D eigenvalue weighted by Gasteiger charge is 2.32. The van der Waals surface area contributed by atoms with Crippen LogP contribution in [-0.4, -0.2) is 17.5 Å². The zero-order valence-corrected chi connectivity index (χ0v) is 21.2. The van der Waals surface area contributed by atoms with Gasteiger partial charge in [0.1, 0.15) is 16.7 Å². The molecule has 39 heavy (non-hydrogen) atoms. The minimum atomic E-state index is -0.612. The number of fused-ring (bicyclic) bond motifs is 2. The topological polar surface area (TPSA) is 90.3 Å². The van der Waals surface area contributed by atoms with E-state index in [9.17, 15) is 19.6 Å². The molecule has 4 aromatic carbocycles. The van der Waals surface area contributed by atoms with Crippen molar-refractivity contribution < 1.29 is 14.4 Å². The Morgan fingerprint density at radius 3 is 2.00 bits per heavy atom. The van der Waals surface area contributed by atoms with Crippen molar-refractivity contribution in [1.82, 2.24) is 0 Å². The third-order valence-electron chi connectivity index (χ3n) is 6.55. The molecule has 1 aliphatic heterocycles. The van der Waals surface area contributed by atoms with Gasteiger partial charge in [0.05, 0.1) is 5.70 Å². The summed E-state index contributed by atoms with van der Waals surface area (Å²) in [6, 6.07) is 32.6. The molecular formula is C32H19N3O3S. The average Bonchev–Trinajstić information content (AvgIpc) is 3.42. The van der Waals surface area contributed by atoms with Crippen molar-refractivity contribution in [1.29, 1.82) is 5.26 Å². The van der Waals surface area contributed by atoms with E-state index in [0.717, 1.165) is 16.9 Å². The van der Waals surface area contributed by atoms with Gasteiger partial charge in [-0.1, -0.05) is 84.6 Å². The van der Waals surface area contributed by atoms with Crippen molar-refractivity contribution in [3.05, 3.63) is 147 Å². The van der Waals surface area contributed by atoms with Crippen molar-refractivity contribution in [3.63, 3.8) is 0 Å². The molecule has 0 spiro atoms. The zero-order chi connectivity index (χ0) is 26.9. The molecule has 1 N–H and O–H groups in total. The van der Waals surface area contributed by atoms with Crippen LogP contribution in [0.4, 0.5) is 11.4 Å². The molecule has 1 amide bonds. The molecule has 0 aromatic heterocycles. The quantitative estimate of drug-likeness (QED) is 0.216. The molecule has 0 saturated carbocycles. The number of nitrogens with zero attached hydrogens (tertiary/aromatic N) is 2. The lowest BCUT2D eigenvalue weighted by Gasteiger charge is -2.24. The van der Waals surface area contributed by atoms with E-state index in [2.05, 4.69) is 11.4 Å². The van der Waals surface area contributed by atoms with E-state index in [0.29, 0.717) is 21.8 Å². The van der Waals surface area contributed by atoms with Crippen LogP contribution in [0.2, 0.25) is 0 Å². The van der Waals surface area contributed by atoms with Crippen LogP contribution >= 0.6 is 11.8 Å². The monoisotopic (exact) mass is 525 g/mol. The fourth-order valence-corrected chi connectivity index (χ4v) is 5.73. The molecule has 6 rings (SSSR count). The molecule has 0 unspecified atom stereocenters. The van der Waals surface area contributed by atoms with Gasteiger partial charge in [-0.05, 0) is 35.9 Å². The van der Waals surface area contributed by atoms with E-state index in [4.69, 9.17) is 0 Å². The number of para-hydroxylation sites is 1. The number of rotatable bonds is 4. The Balaban J connectivity index is 1.35. The minimum Gasteiger partial charge on any atom is -0.321 e. The van der Waals surface area contributed by atoms with Crippen molar-refractivity contribution in [2.45, 2.75) is 0 Å². The summed E-state index contributed by atoms with van der Waals surface area (Å²) in [5, 5.41) is 15.3. The Hall–Kier alpha value is -5.19. The van der Waals surface area contributed by atoms with Crippen molar-refractivity contribution >= 4 is 46.3 Å². The summed E-state index contributed by atoms with van der Waals surface area (Å²) < 4.78 is 0. The number of nitrogens with one attached hydrogen (secondary N) is 1. The molecule has 6 nitrogen and oxygen atoms in total. The van der Waals surface area contributed by atoms with Crippen molar-refractivity contribution in [3.8, 4) is 6.07 Å². The van der Waals surface area contributed by atoms with E-state index in [-0.39, 0.29) is 28.3 Å². The normalized spacial score (nSPS) is 15.2. The maximum absolute atomic E-state index is 13.5. The van der Waals surface area contributed by atoms with Gasteiger partial charge in [0.15, 0.2) is 11.6 Å². The molecule has 0 bridgehead atoms. The highest BCUT2D eigenvalue weighted by atomic mass is 32.2. The molecular weight excluding hydrogens is 506 g/mol. The number of carbonyl (C=O) groups is 3. The van der Waals surface area contributed by atoms with Crippen LogP contribution in [0, 0.1) is 11.3 Å². The Morgan fingerprint density at radius 1 is 0.744 bits per heavy atom. The fourth-order valence-electron chi connectivity index (χ4n) is 4.70. The lowest BCUT2D eigenvalue weighted by atomic mass is 9.84. The van der Waals surface area contributed by atoms with Crippen molar-refractivity contribution in [2.75, 3.05) is 10.2 Å². The van der Waals surface area contributed by atoms with Crippen LogP contribution in [0.5, 0.6) is 0 Å². The largest absolute Gasteiger partial charge is 0.321 e. The molecule has 4 aromatic rings. The standard InChI is InChI=1S/C32H19N3O3S/c33-18-27(32-35(22-11-5-2-6-12-22)28(19-39-32)20-9-3-1-4-10-20)31(38)34-21-15-16-25-26(17-21)30(37)24-14-8-7-13-23(24)29(25)36/h1-17,19H,(H,34,38)/b32-27+. The van der Waals surface area contributed by atoms with Crippen LogP contribution < -0.4 is 10.2 Å². The van der Waals surface area contributed by atoms with Gasteiger partial charge >= 0.3 is 0 Å². The smallest absolute Gasteiger partial charge is 0.269 e. The molecule has 1 heterocycles. The van der Waals surface area contributed by atoms with Crippen LogP contribution in [0.25, 0.3) is 5.70 Å². The summed E-state index contributed by atoms with van der Waals surface area (Å²) in [5.41, 5.74) is 4.05. The van der Waals surface area contributed by atoms with Gasteiger partial charge in [-0.15, -0.1) is 0 Å². The second kappa shape index (κ2) is 9.93. The molecule has 186 valence electrons. The Bertz CT molecular complexity index is 1770. The van der Waals surface area contributed by atoms with E-state index >= 15 is 0 Å². The van der Waals surface area contributed by atoms with Gasteiger partial charge in [-0.25, -0.2) is 0 Å². The Morgan fingerprint density at radius 2 is 1.33 bits per heavy atom. The maximum atomic E-state index is 13.5. The predicted octanol–water partition coefficient (Wildman–Crippen LogP) is 6.39. The Kier molecular flexibility index (Phi) is 6.16. The second-order valence-electron chi connectivity index (χ2n) is 8.87. The highest BCUT2D eigenvalue weighted by molar-refractivity contribution is 8.06. The molecule has 1 aliphatic carbocycles. The lowest BCUT2D eigenvalue weighted by Crippen LogP contribution is -2.23. The molecule has 7 heteroatoms. The number of nitriles is 1. The fraction of sp³-hybridized carbons (Fsp3) is 0. The summed E-state index contributed by atoms with van der Waals surface area (Å²) in [6.07, 6.45) is 0. The predicted molar refractivity (Wildman–Crippen MR) is 152 cm³/mol. The summed E-state index contributed by atoms with van der Waals surface area (Å²) in [6.45, 7) is 0. The number of thioether (sulfide) groups is 1. The first-order valence-electron chi connectivity index (χ1n) is 12.1. The Labute approximate surface area is 228 Å². The highest BCUT2D eigenvalue weighted by Crippen LogP contribution is 2.44. The summed E-state index contributed by atoms with van der Waals surface area (Å²) in [4.78, 5) is 41.4. The maximum Gasteiger partial charge on any atom is 0.269 e. The second-order valence-corrected chi connectivity index (χ2v) is 9.73. The van der Waals surface area contributed by atoms with E-state index < -0.39 is 5.91 Å². The molecule has 2 aliphatic rings. The molecule has 0 saturated heterocycles. The van der Waals surface area contributed by atoms with E-state index in [1.165, 1.54) is 23.9 Å². The van der Waals surface area contributed by atoms with Gasteiger partial charge in [0.2, 0.25) is 0 Å². The molecule has 0 fully saturated rings.